The maximum atomic E-state index is 2.51. The highest BCUT2D eigenvalue weighted by atomic mass is 15.1. The van der Waals surface area contributed by atoms with Crippen molar-refractivity contribution in [2.75, 3.05) is 4.90 Å². The second-order valence-electron chi connectivity index (χ2n) is 20.3. The summed E-state index contributed by atoms with van der Waals surface area (Å²) in [6, 6.07) is 102. The van der Waals surface area contributed by atoms with Gasteiger partial charge >= 0.3 is 0 Å². The largest absolute Gasteiger partial charge is 0.310 e. The Kier molecular flexibility index (Phi) is 9.44. The van der Waals surface area contributed by atoms with Crippen molar-refractivity contribution in [2.45, 2.75) is 30.1 Å². The van der Waals surface area contributed by atoms with Crippen LogP contribution in [-0.4, -0.2) is 0 Å². The normalized spacial score (nSPS) is 14.6. The average molecular weight is 918 g/mol. The van der Waals surface area contributed by atoms with Crippen LogP contribution in [0.2, 0.25) is 0 Å². The van der Waals surface area contributed by atoms with Crippen molar-refractivity contribution >= 4 is 17.1 Å². The molecule has 1 nitrogen and oxygen atoms in total. The number of anilines is 3. The van der Waals surface area contributed by atoms with Gasteiger partial charge < -0.3 is 4.90 Å². The van der Waals surface area contributed by atoms with Gasteiger partial charge in [-0.2, -0.15) is 0 Å². The molecule has 0 unspecified atom stereocenters. The lowest BCUT2D eigenvalue weighted by Crippen LogP contribution is -2.28. The predicted molar refractivity (Wildman–Crippen MR) is 299 cm³/mol. The molecule has 0 atom stereocenters. The Morgan fingerprint density at radius 3 is 1.15 bits per heavy atom. The molecule has 0 aliphatic heterocycles. The van der Waals surface area contributed by atoms with Crippen molar-refractivity contribution in [2.24, 2.45) is 0 Å². The van der Waals surface area contributed by atoms with Gasteiger partial charge in [0.25, 0.3) is 0 Å². The van der Waals surface area contributed by atoms with Crippen molar-refractivity contribution in [3.8, 4) is 44.5 Å². The lowest BCUT2D eigenvalue weighted by atomic mass is 9.67. The highest BCUT2D eigenvalue weighted by Crippen LogP contribution is 2.59. The fraction of sp³-hybridized carbons (Fsp3) is 0.0704. The fourth-order valence-corrected chi connectivity index (χ4v) is 13.3. The van der Waals surface area contributed by atoms with Crippen LogP contribution >= 0.6 is 0 Å². The number of benzene rings is 11. The Labute approximate surface area is 423 Å². The number of fused-ring (bicyclic) bond motifs is 9. The predicted octanol–water partition coefficient (Wildman–Crippen LogP) is 17.9. The van der Waals surface area contributed by atoms with Crippen molar-refractivity contribution < 1.29 is 0 Å². The van der Waals surface area contributed by atoms with Crippen molar-refractivity contribution in [1.82, 2.24) is 0 Å². The van der Waals surface area contributed by atoms with Gasteiger partial charge in [-0.1, -0.05) is 244 Å². The van der Waals surface area contributed by atoms with Crippen LogP contribution in [0.1, 0.15) is 69.5 Å². The van der Waals surface area contributed by atoms with Crippen molar-refractivity contribution in [3.63, 3.8) is 0 Å². The van der Waals surface area contributed by atoms with Crippen LogP contribution in [0.4, 0.5) is 17.1 Å². The standard InChI is InChI=1S/C71H51N/c1-69(2)63-35-18-15-32-57(63)60-41-39-55(46-67(60)69)72(56-40-42-61-58-33-16-19-36-64(58)71(68(61)47-56,52-27-11-5-12-28-52)53-29-13-6-14-30-53)54-31-21-22-48(44-54)49-38-43-66-62(45-49)59-34-17-20-37-65(59)70(66,50-23-7-3-8-24-50)51-25-9-4-10-26-51/h3-47H,1-2H3. The SMILES string of the molecule is CC1(C)c2ccccc2-c2ccc(N(c3cccc(-c4ccc5c(c4)-c4ccccc4C5(c4ccccc4)c4ccccc4)c3)c3ccc4c(c3)C(c3ccccc3)(c3ccccc3)c3ccccc3-4)cc21. The zero-order chi connectivity index (χ0) is 48.0. The summed E-state index contributed by atoms with van der Waals surface area (Å²) in [7, 11) is 0. The van der Waals surface area contributed by atoms with Gasteiger partial charge in [0.2, 0.25) is 0 Å². The lowest BCUT2D eigenvalue weighted by molar-refractivity contribution is 0.660. The average Bonchev–Trinajstić information content (AvgIpc) is 4.01. The molecule has 11 aromatic rings. The third-order valence-corrected chi connectivity index (χ3v) is 16.4. The van der Waals surface area contributed by atoms with Gasteiger partial charge in [-0.25, -0.2) is 0 Å². The van der Waals surface area contributed by atoms with Gasteiger partial charge in [-0.3, -0.25) is 0 Å². The molecule has 14 rings (SSSR count). The summed E-state index contributed by atoms with van der Waals surface area (Å²) in [6.07, 6.45) is 0. The minimum atomic E-state index is -0.533. The van der Waals surface area contributed by atoms with Crippen LogP contribution in [0.15, 0.2) is 273 Å². The van der Waals surface area contributed by atoms with E-state index < -0.39 is 10.8 Å². The third kappa shape index (κ3) is 5.95. The van der Waals surface area contributed by atoms with Gasteiger partial charge in [-0.05, 0) is 143 Å². The maximum Gasteiger partial charge on any atom is 0.0714 e. The zero-order valence-corrected chi connectivity index (χ0v) is 40.4. The molecular weight excluding hydrogens is 867 g/mol. The summed E-state index contributed by atoms with van der Waals surface area (Å²) in [5.74, 6) is 0. The smallest absolute Gasteiger partial charge is 0.0714 e. The first kappa shape index (κ1) is 42.1. The fourth-order valence-electron chi connectivity index (χ4n) is 13.3. The van der Waals surface area contributed by atoms with Crippen molar-refractivity contribution in [3.05, 3.63) is 329 Å². The van der Waals surface area contributed by atoms with E-state index in [-0.39, 0.29) is 5.41 Å². The second kappa shape index (κ2) is 16.1. The van der Waals surface area contributed by atoms with Crippen LogP contribution in [0, 0.1) is 0 Å². The molecule has 0 radical (unpaired) electrons. The second-order valence-corrected chi connectivity index (χ2v) is 20.3. The van der Waals surface area contributed by atoms with E-state index in [2.05, 4.69) is 292 Å². The van der Waals surface area contributed by atoms with E-state index in [1.807, 2.05) is 0 Å². The molecule has 0 amide bonds. The van der Waals surface area contributed by atoms with E-state index in [4.69, 9.17) is 0 Å². The minimum absolute atomic E-state index is 0.166. The summed E-state index contributed by atoms with van der Waals surface area (Å²) in [5, 5.41) is 0. The van der Waals surface area contributed by atoms with E-state index in [1.54, 1.807) is 0 Å². The van der Waals surface area contributed by atoms with Gasteiger partial charge in [0.05, 0.1) is 10.8 Å². The molecule has 0 bridgehead atoms. The van der Waals surface area contributed by atoms with Crippen LogP contribution < -0.4 is 4.90 Å². The molecule has 1 heteroatoms. The van der Waals surface area contributed by atoms with E-state index in [0.717, 1.165) is 17.1 Å². The summed E-state index contributed by atoms with van der Waals surface area (Å²) in [5.41, 5.74) is 25.3. The van der Waals surface area contributed by atoms with Crippen LogP contribution in [0.25, 0.3) is 44.5 Å². The topological polar surface area (TPSA) is 3.24 Å². The van der Waals surface area contributed by atoms with E-state index >= 15 is 0 Å². The molecular formula is C71H51N. The molecule has 72 heavy (non-hydrogen) atoms. The van der Waals surface area contributed by atoms with E-state index in [1.165, 1.54) is 100 Å². The Balaban J connectivity index is 0.977. The van der Waals surface area contributed by atoms with Crippen molar-refractivity contribution in [1.29, 1.82) is 0 Å². The molecule has 0 saturated carbocycles. The van der Waals surface area contributed by atoms with Gasteiger partial charge in [0.1, 0.15) is 0 Å². The number of hydrogen-bond acceptors (Lipinski definition) is 1. The zero-order valence-electron chi connectivity index (χ0n) is 40.4. The molecule has 3 aliphatic carbocycles. The number of hydrogen-bond donors (Lipinski definition) is 0. The first-order valence-corrected chi connectivity index (χ1v) is 25.3. The maximum absolute atomic E-state index is 2.51. The summed E-state index contributed by atoms with van der Waals surface area (Å²) < 4.78 is 0. The van der Waals surface area contributed by atoms with Gasteiger partial charge in [0.15, 0.2) is 0 Å². The summed E-state index contributed by atoms with van der Waals surface area (Å²) in [6.45, 7) is 4.76. The monoisotopic (exact) mass is 917 g/mol. The van der Waals surface area contributed by atoms with E-state index in [0.29, 0.717) is 0 Å². The summed E-state index contributed by atoms with van der Waals surface area (Å²) >= 11 is 0. The molecule has 11 aromatic carbocycles. The highest BCUT2D eigenvalue weighted by molar-refractivity contribution is 5.93. The molecule has 0 spiro atoms. The summed E-state index contributed by atoms with van der Waals surface area (Å²) in [4.78, 5) is 2.51. The lowest BCUT2D eigenvalue weighted by Gasteiger charge is -2.35. The molecule has 0 heterocycles. The Morgan fingerprint density at radius 2 is 0.611 bits per heavy atom. The molecule has 3 aliphatic rings. The van der Waals surface area contributed by atoms with Crippen LogP contribution in [0.3, 0.4) is 0 Å². The van der Waals surface area contributed by atoms with Gasteiger partial charge in [-0.15, -0.1) is 0 Å². The Bertz CT molecular complexity index is 3810. The van der Waals surface area contributed by atoms with Gasteiger partial charge in [0, 0.05) is 22.5 Å². The molecule has 0 aromatic heterocycles. The number of nitrogens with zero attached hydrogens (tertiary/aromatic N) is 1. The molecule has 340 valence electrons. The number of rotatable bonds is 8. The molecule has 0 fully saturated rings. The van der Waals surface area contributed by atoms with Crippen LogP contribution in [-0.2, 0) is 16.2 Å². The Morgan fingerprint density at radius 1 is 0.236 bits per heavy atom. The minimum Gasteiger partial charge on any atom is -0.310 e. The molecule has 0 saturated heterocycles. The first-order chi connectivity index (χ1) is 35.5. The van der Waals surface area contributed by atoms with Crippen LogP contribution in [0.5, 0.6) is 0 Å². The quantitative estimate of drug-likeness (QED) is 0.147. The first-order valence-electron chi connectivity index (χ1n) is 25.3. The third-order valence-electron chi connectivity index (χ3n) is 16.4. The highest BCUT2D eigenvalue weighted by Gasteiger charge is 2.48. The van der Waals surface area contributed by atoms with E-state index in [9.17, 15) is 0 Å². The molecule has 0 N–H and O–H groups in total. The Hall–Kier alpha value is -8.78.